The van der Waals surface area contributed by atoms with Gasteiger partial charge in [0.05, 0.1) is 66.4 Å². The van der Waals surface area contributed by atoms with Crippen LogP contribution in [-0.2, 0) is 0 Å². The van der Waals surface area contributed by atoms with Crippen molar-refractivity contribution < 1.29 is 8.83 Å². The number of para-hydroxylation sites is 7. The van der Waals surface area contributed by atoms with Gasteiger partial charge in [0.25, 0.3) is 0 Å². The minimum absolute atomic E-state index is 0.496. The van der Waals surface area contributed by atoms with Gasteiger partial charge >= 0.3 is 0 Å². The lowest BCUT2D eigenvalue weighted by molar-refractivity contribution is 0.668. The number of hydrogen-bond acceptors (Lipinski definition) is 8. The van der Waals surface area contributed by atoms with Crippen LogP contribution < -0.4 is 0 Å². The van der Waals surface area contributed by atoms with Gasteiger partial charge in [0.15, 0.2) is 34.9 Å². The predicted molar refractivity (Wildman–Crippen MR) is 464 cm³/mol. The van der Waals surface area contributed by atoms with Crippen LogP contribution >= 0.6 is 0 Å². The number of rotatable bonds is 9. The third-order valence-electron chi connectivity index (χ3n) is 23.9. The zero-order chi connectivity index (χ0) is 74.1. The molecule has 12 heteroatoms. The average molecular weight is 1450 g/mol. The van der Waals surface area contributed by atoms with Crippen LogP contribution in [0.2, 0.25) is 0 Å². The van der Waals surface area contributed by atoms with Crippen LogP contribution in [0.15, 0.2) is 349 Å². The maximum absolute atomic E-state index is 7.02. The first-order valence-electron chi connectivity index (χ1n) is 38.5. The standard InChI is InChI=1S/C102H56N10O2/c1-4-23-58(24-5-1)97-103-98(59-25-6-2-7-26-59)106-101(105-97)79-50-63(52-91-92(79)73-34-15-21-42-90(73)113-91)110-82-38-17-13-32-68(82)75-54-78-88(56-86(75)110)112-84-40-19-11-30-66(84)72-48-47-64(93(78)95(72)112)57-43-45-61(46-44-57)100-104-99(60-27-8-3-9-28-60)107-102(108-100)80-51-62(49-77-69-33-14-20-41-89(69)114-96(77)80)109-81-37-16-12-31-67(81)74-53-76-71-36-22-35-70-65-29-10-18-39-83(65)111(94(70)71)87(76)55-85(74)109/h1-56H. The summed E-state index contributed by atoms with van der Waals surface area (Å²) in [5.74, 6) is 3.30. The Morgan fingerprint density at radius 2 is 0.596 bits per heavy atom. The molecule has 0 N–H and O–H groups in total. The van der Waals surface area contributed by atoms with E-state index in [1.165, 1.54) is 65.0 Å². The molecule has 0 spiro atoms. The maximum atomic E-state index is 7.02. The lowest BCUT2D eigenvalue weighted by atomic mass is 9.96. The van der Waals surface area contributed by atoms with Crippen molar-refractivity contribution in [2.24, 2.45) is 0 Å². The quantitative estimate of drug-likeness (QED) is 0.140. The van der Waals surface area contributed by atoms with Gasteiger partial charge in [-0.05, 0) is 90.0 Å². The molecule has 26 rings (SSSR count). The minimum atomic E-state index is 0.496. The Bertz CT molecular complexity index is 8550. The molecule has 0 radical (unpaired) electrons. The molecule has 0 fully saturated rings. The van der Waals surface area contributed by atoms with Crippen LogP contribution in [0.5, 0.6) is 0 Å². The lowest BCUT2D eigenvalue weighted by Crippen LogP contribution is -2.01. The monoisotopic (exact) mass is 1450 g/mol. The fourth-order valence-corrected chi connectivity index (χ4v) is 19.0. The number of nitrogens with zero attached hydrogens (tertiary/aromatic N) is 10. The van der Waals surface area contributed by atoms with Crippen molar-refractivity contribution in [3.05, 3.63) is 340 Å². The summed E-state index contributed by atoms with van der Waals surface area (Å²) in [7, 11) is 0. The first-order chi connectivity index (χ1) is 56.5. The molecule has 0 atom stereocenters. The van der Waals surface area contributed by atoms with E-state index in [1.54, 1.807) is 0 Å². The van der Waals surface area contributed by atoms with E-state index in [9.17, 15) is 0 Å². The Balaban J connectivity index is 0.654. The van der Waals surface area contributed by atoms with Gasteiger partial charge in [-0.25, -0.2) is 29.9 Å². The van der Waals surface area contributed by atoms with Crippen molar-refractivity contribution in [2.45, 2.75) is 0 Å². The van der Waals surface area contributed by atoms with Crippen LogP contribution in [-0.4, -0.2) is 47.8 Å². The van der Waals surface area contributed by atoms with E-state index < -0.39 is 0 Å². The molecular formula is C102H56N10O2. The molecule has 26 aromatic rings. The Morgan fingerprint density at radius 1 is 0.193 bits per heavy atom. The van der Waals surface area contributed by atoms with Crippen LogP contribution in [0.25, 0.3) is 255 Å². The first-order valence-corrected chi connectivity index (χ1v) is 38.5. The molecule has 12 nitrogen and oxygen atoms in total. The smallest absolute Gasteiger partial charge is 0.167 e. The summed E-state index contributed by atoms with van der Waals surface area (Å²) in [6.45, 7) is 0. The molecule has 114 heavy (non-hydrogen) atoms. The van der Waals surface area contributed by atoms with Gasteiger partial charge in [-0.3, -0.25) is 0 Å². The van der Waals surface area contributed by atoms with E-state index in [0.717, 1.165) is 149 Å². The van der Waals surface area contributed by atoms with Crippen molar-refractivity contribution in [3.8, 4) is 90.8 Å². The van der Waals surface area contributed by atoms with E-state index in [2.05, 4.69) is 279 Å². The van der Waals surface area contributed by atoms with Gasteiger partial charge in [-0.2, -0.15) is 0 Å². The summed E-state index contributed by atoms with van der Waals surface area (Å²) in [6, 6.07) is 121. The van der Waals surface area contributed by atoms with Gasteiger partial charge < -0.3 is 26.8 Å². The fourth-order valence-electron chi connectivity index (χ4n) is 19.0. The Labute approximate surface area is 646 Å². The Kier molecular flexibility index (Phi) is 12.3. The summed E-state index contributed by atoms with van der Waals surface area (Å²) in [5, 5.41) is 18.1. The van der Waals surface area contributed by atoms with Crippen molar-refractivity contribution in [2.75, 3.05) is 0 Å². The van der Waals surface area contributed by atoms with E-state index in [4.69, 9.17) is 38.7 Å². The van der Waals surface area contributed by atoms with E-state index >= 15 is 0 Å². The van der Waals surface area contributed by atoms with Crippen LogP contribution in [0.3, 0.4) is 0 Å². The molecule has 0 bridgehead atoms. The highest BCUT2D eigenvalue weighted by Gasteiger charge is 2.29. The fraction of sp³-hybridized carbons (Fsp3) is 0. The lowest BCUT2D eigenvalue weighted by Gasteiger charge is -2.13. The zero-order valence-electron chi connectivity index (χ0n) is 60.6. The number of hydrogen-bond donors (Lipinski definition) is 0. The van der Waals surface area contributed by atoms with Crippen LogP contribution in [0.4, 0.5) is 0 Å². The highest BCUT2D eigenvalue weighted by Crippen LogP contribution is 2.50. The number of benzene rings is 16. The molecule has 10 aromatic heterocycles. The number of furan rings is 2. The molecule has 0 amide bonds. The first kappa shape index (κ1) is 61.2. The minimum Gasteiger partial charge on any atom is -0.456 e. The molecule has 0 unspecified atom stereocenters. The molecule has 10 heterocycles. The third kappa shape index (κ3) is 8.59. The van der Waals surface area contributed by atoms with Crippen LogP contribution in [0, 0.1) is 0 Å². The van der Waals surface area contributed by atoms with Crippen molar-refractivity contribution in [1.29, 1.82) is 0 Å². The Morgan fingerprint density at radius 3 is 1.18 bits per heavy atom. The van der Waals surface area contributed by atoms with Crippen LogP contribution in [0.1, 0.15) is 0 Å². The summed E-state index contributed by atoms with van der Waals surface area (Å²) < 4.78 is 23.7. The number of fused-ring (bicyclic) bond motifs is 24. The molecule has 0 aliphatic heterocycles. The van der Waals surface area contributed by atoms with Gasteiger partial charge in [0.2, 0.25) is 0 Å². The van der Waals surface area contributed by atoms with Gasteiger partial charge in [-0.1, -0.05) is 255 Å². The molecule has 0 saturated heterocycles. The summed E-state index contributed by atoms with van der Waals surface area (Å²) in [5.41, 5.74) is 23.4. The SMILES string of the molecule is c1ccc(-c2nc(-c3ccc(-c4ccc5c6ccccc6n6c7cc8c(cc7c4c56)c4ccccc4n8-c4cc(-c5nc(-c6ccccc6)nc(-c6ccccc6)n5)c5c(c4)oc4ccccc45)cc3)nc(-c3cc(-n4c5ccccc5c5cc6c7cccc8c9ccccc9n(c6cc54)c87)cc4c3oc3ccccc34)n2)cc1. The average Bonchev–Trinajstić information content (AvgIpc) is 1.52. The molecular weight excluding hydrogens is 1400 g/mol. The van der Waals surface area contributed by atoms with Crippen molar-refractivity contribution in [1.82, 2.24) is 47.8 Å². The summed E-state index contributed by atoms with van der Waals surface area (Å²) in [4.78, 5) is 32.2. The highest BCUT2D eigenvalue weighted by molar-refractivity contribution is 6.31. The molecule has 0 aliphatic rings. The molecule has 526 valence electrons. The topological polar surface area (TPSA) is 122 Å². The largest absolute Gasteiger partial charge is 0.456 e. The highest BCUT2D eigenvalue weighted by atomic mass is 16.3. The normalized spacial score (nSPS) is 12.4. The summed E-state index contributed by atoms with van der Waals surface area (Å²) >= 11 is 0. The molecule has 0 aliphatic carbocycles. The molecule has 16 aromatic carbocycles. The van der Waals surface area contributed by atoms with Crippen molar-refractivity contribution in [3.63, 3.8) is 0 Å². The van der Waals surface area contributed by atoms with E-state index in [-0.39, 0.29) is 0 Å². The van der Waals surface area contributed by atoms with E-state index in [1.807, 2.05) is 78.9 Å². The van der Waals surface area contributed by atoms with E-state index in [0.29, 0.717) is 40.5 Å². The Hall–Kier alpha value is -15.7. The maximum Gasteiger partial charge on any atom is 0.167 e. The predicted octanol–water partition coefficient (Wildman–Crippen LogP) is 26.0. The second-order valence-electron chi connectivity index (χ2n) is 30.0. The number of aromatic nitrogens is 10. The third-order valence-corrected chi connectivity index (χ3v) is 23.9. The van der Waals surface area contributed by atoms with Gasteiger partial charge in [0, 0.05) is 126 Å². The summed E-state index contributed by atoms with van der Waals surface area (Å²) in [6.07, 6.45) is 0. The zero-order valence-corrected chi connectivity index (χ0v) is 60.6. The van der Waals surface area contributed by atoms with Crippen molar-refractivity contribution >= 4 is 164 Å². The molecule has 0 saturated carbocycles. The second kappa shape index (κ2) is 23.0. The van der Waals surface area contributed by atoms with Gasteiger partial charge in [-0.15, -0.1) is 0 Å². The van der Waals surface area contributed by atoms with Gasteiger partial charge in [0.1, 0.15) is 22.3 Å². The second-order valence-corrected chi connectivity index (χ2v) is 30.0.